The fourth-order valence-electron chi connectivity index (χ4n) is 2.73. The molecule has 0 aliphatic carbocycles. The van der Waals surface area contributed by atoms with Gasteiger partial charge in [0, 0.05) is 0 Å². The molecule has 0 saturated carbocycles. The number of nitrogens with two attached hydrogens (primary N) is 1. The van der Waals surface area contributed by atoms with E-state index in [0.717, 1.165) is 0 Å². The highest BCUT2D eigenvalue weighted by Crippen LogP contribution is 2.29. The SMILES string of the molecule is CC(C)CC(NC(N)=O)C(=O)NCC(=O)NC(CC(C)C)C(=O)C1(C)CO1. The first-order valence-corrected chi connectivity index (χ1v) is 9.26. The van der Waals surface area contributed by atoms with Crippen LogP contribution in [0.25, 0.3) is 0 Å². The molecule has 0 aromatic heterocycles. The number of hydrogen-bond acceptors (Lipinski definition) is 5. The summed E-state index contributed by atoms with van der Waals surface area (Å²) in [6.07, 6.45) is 0.872. The van der Waals surface area contributed by atoms with Crippen LogP contribution in [0.4, 0.5) is 4.79 Å². The summed E-state index contributed by atoms with van der Waals surface area (Å²) in [7, 11) is 0. The Bertz CT molecular complexity index is 572. The molecule has 4 amide bonds. The fourth-order valence-corrected chi connectivity index (χ4v) is 2.73. The minimum atomic E-state index is -0.830. The van der Waals surface area contributed by atoms with Crippen molar-refractivity contribution in [2.45, 2.75) is 65.1 Å². The average Bonchev–Trinajstić information content (AvgIpc) is 3.28. The first kappa shape index (κ1) is 22.9. The molecule has 0 radical (unpaired) electrons. The molecule has 0 bridgehead atoms. The predicted molar refractivity (Wildman–Crippen MR) is 99.7 cm³/mol. The molecular weight excluding hydrogens is 352 g/mol. The minimum absolute atomic E-state index is 0.147. The topological polar surface area (TPSA) is 143 Å². The van der Waals surface area contributed by atoms with Gasteiger partial charge in [-0.05, 0) is 31.6 Å². The number of nitrogens with one attached hydrogen (secondary N) is 3. The number of hydrogen-bond donors (Lipinski definition) is 4. The molecule has 3 atom stereocenters. The largest absolute Gasteiger partial charge is 0.361 e. The standard InChI is InChI=1S/C18H32N4O5/c1-10(2)6-12(15(24)18(5)9-27-18)21-14(23)8-20-16(25)13(7-11(3)4)22-17(19)26/h10-13H,6-9H2,1-5H3,(H,20,25)(H,21,23)(H3,19,22,26). The fraction of sp³-hybridized carbons (Fsp3) is 0.778. The molecule has 9 nitrogen and oxygen atoms in total. The van der Waals surface area contributed by atoms with E-state index in [1.807, 2.05) is 27.7 Å². The molecule has 1 aliphatic rings. The highest BCUT2D eigenvalue weighted by molar-refractivity contribution is 5.97. The number of ether oxygens (including phenoxy) is 1. The Morgan fingerprint density at radius 1 is 1.00 bits per heavy atom. The van der Waals surface area contributed by atoms with Gasteiger partial charge in [0.05, 0.1) is 19.2 Å². The van der Waals surface area contributed by atoms with Crippen LogP contribution in [0.1, 0.15) is 47.5 Å². The number of amides is 4. The van der Waals surface area contributed by atoms with Gasteiger partial charge in [0.1, 0.15) is 11.6 Å². The molecule has 1 heterocycles. The van der Waals surface area contributed by atoms with Crippen molar-refractivity contribution in [3.05, 3.63) is 0 Å². The molecule has 1 saturated heterocycles. The molecule has 0 spiro atoms. The van der Waals surface area contributed by atoms with E-state index in [4.69, 9.17) is 10.5 Å². The zero-order chi connectivity index (χ0) is 20.8. The summed E-state index contributed by atoms with van der Waals surface area (Å²) in [4.78, 5) is 48.0. The van der Waals surface area contributed by atoms with E-state index in [1.54, 1.807) is 6.92 Å². The summed E-state index contributed by atoms with van der Waals surface area (Å²) in [6, 6.07) is -2.29. The van der Waals surface area contributed by atoms with Crippen molar-refractivity contribution < 1.29 is 23.9 Å². The molecule has 1 rings (SSSR count). The predicted octanol–water partition coefficient (Wildman–Crippen LogP) is 0.0745. The van der Waals surface area contributed by atoms with E-state index in [2.05, 4.69) is 16.0 Å². The second kappa shape index (κ2) is 9.68. The Morgan fingerprint density at radius 3 is 1.96 bits per heavy atom. The molecular formula is C18H32N4O5. The summed E-state index contributed by atoms with van der Waals surface area (Å²) in [5, 5.41) is 7.53. The maximum atomic E-state index is 12.5. The summed E-state index contributed by atoms with van der Waals surface area (Å²) >= 11 is 0. The summed E-state index contributed by atoms with van der Waals surface area (Å²) in [6.45, 7) is 9.46. The Kier molecular flexibility index (Phi) is 8.20. The van der Waals surface area contributed by atoms with Crippen molar-refractivity contribution in [2.75, 3.05) is 13.2 Å². The molecule has 1 fully saturated rings. The van der Waals surface area contributed by atoms with E-state index >= 15 is 0 Å². The molecule has 154 valence electrons. The third-order valence-corrected chi connectivity index (χ3v) is 4.22. The summed E-state index contributed by atoms with van der Waals surface area (Å²) in [5.41, 5.74) is 4.27. The van der Waals surface area contributed by atoms with Crippen LogP contribution in [0.2, 0.25) is 0 Å². The number of rotatable bonds is 11. The van der Waals surface area contributed by atoms with Gasteiger partial charge in [-0.1, -0.05) is 27.7 Å². The lowest BCUT2D eigenvalue weighted by molar-refractivity contribution is -0.131. The van der Waals surface area contributed by atoms with E-state index in [9.17, 15) is 19.2 Å². The van der Waals surface area contributed by atoms with Crippen molar-refractivity contribution in [1.29, 1.82) is 0 Å². The van der Waals surface area contributed by atoms with E-state index in [0.29, 0.717) is 19.4 Å². The number of carbonyl (C=O) groups excluding carboxylic acids is 4. The van der Waals surface area contributed by atoms with Gasteiger partial charge >= 0.3 is 6.03 Å². The number of carbonyl (C=O) groups is 4. The van der Waals surface area contributed by atoms with Crippen LogP contribution in [-0.2, 0) is 19.1 Å². The number of ketones is 1. The van der Waals surface area contributed by atoms with Crippen molar-refractivity contribution in [3.63, 3.8) is 0 Å². The lowest BCUT2D eigenvalue weighted by Crippen LogP contribution is -2.53. The molecule has 3 unspecified atom stereocenters. The lowest BCUT2D eigenvalue weighted by atomic mass is 9.93. The van der Waals surface area contributed by atoms with Crippen molar-refractivity contribution in [2.24, 2.45) is 17.6 Å². The second-order valence-corrected chi connectivity index (χ2v) is 8.04. The molecule has 5 N–H and O–H groups in total. The van der Waals surface area contributed by atoms with Crippen LogP contribution in [0.15, 0.2) is 0 Å². The Balaban J connectivity index is 2.60. The van der Waals surface area contributed by atoms with E-state index < -0.39 is 35.5 Å². The van der Waals surface area contributed by atoms with Crippen LogP contribution in [0, 0.1) is 11.8 Å². The summed E-state index contributed by atoms with van der Waals surface area (Å²) < 4.78 is 5.18. The van der Waals surface area contributed by atoms with Crippen LogP contribution in [0.5, 0.6) is 0 Å². The van der Waals surface area contributed by atoms with Crippen molar-refractivity contribution in [3.8, 4) is 0 Å². The minimum Gasteiger partial charge on any atom is -0.361 e. The van der Waals surface area contributed by atoms with E-state index in [1.165, 1.54) is 0 Å². The number of primary amides is 1. The summed E-state index contributed by atoms with van der Waals surface area (Å²) in [5.74, 6) is -0.792. The van der Waals surface area contributed by atoms with Crippen LogP contribution >= 0.6 is 0 Å². The van der Waals surface area contributed by atoms with Gasteiger partial charge in [0.25, 0.3) is 0 Å². The quantitative estimate of drug-likeness (QED) is 0.373. The smallest absolute Gasteiger partial charge is 0.312 e. The van der Waals surface area contributed by atoms with Gasteiger partial charge < -0.3 is 26.4 Å². The van der Waals surface area contributed by atoms with Gasteiger partial charge in [-0.15, -0.1) is 0 Å². The van der Waals surface area contributed by atoms with Crippen molar-refractivity contribution >= 4 is 23.6 Å². The van der Waals surface area contributed by atoms with Crippen molar-refractivity contribution in [1.82, 2.24) is 16.0 Å². The van der Waals surface area contributed by atoms with Gasteiger partial charge in [0.15, 0.2) is 5.78 Å². The highest BCUT2D eigenvalue weighted by Gasteiger charge is 2.50. The zero-order valence-corrected chi connectivity index (χ0v) is 16.8. The monoisotopic (exact) mass is 384 g/mol. The van der Waals surface area contributed by atoms with Crippen LogP contribution in [-0.4, -0.2) is 54.5 Å². The van der Waals surface area contributed by atoms with Gasteiger partial charge in [-0.3, -0.25) is 14.4 Å². The average molecular weight is 384 g/mol. The number of urea groups is 1. The maximum Gasteiger partial charge on any atom is 0.312 e. The third kappa shape index (κ3) is 7.94. The van der Waals surface area contributed by atoms with Crippen LogP contribution in [0.3, 0.4) is 0 Å². The van der Waals surface area contributed by atoms with Gasteiger partial charge in [-0.2, -0.15) is 0 Å². The molecule has 27 heavy (non-hydrogen) atoms. The molecule has 0 aromatic rings. The lowest BCUT2D eigenvalue weighted by Gasteiger charge is -2.22. The van der Waals surface area contributed by atoms with Gasteiger partial charge in [0.2, 0.25) is 11.8 Å². The normalized spacial score (nSPS) is 20.7. The Labute approximate surface area is 160 Å². The Morgan fingerprint density at radius 2 is 1.52 bits per heavy atom. The second-order valence-electron chi connectivity index (χ2n) is 8.04. The number of Topliss-reactive ketones (excluding diaryl/α,β-unsaturated/α-hetero) is 1. The third-order valence-electron chi connectivity index (χ3n) is 4.22. The molecule has 0 aromatic carbocycles. The molecule has 1 aliphatic heterocycles. The van der Waals surface area contributed by atoms with Gasteiger partial charge in [-0.25, -0.2) is 4.79 Å². The maximum absolute atomic E-state index is 12.5. The Hall–Kier alpha value is -2.16. The number of epoxide rings is 1. The van der Waals surface area contributed by atoms with Crippen LogP contribution < -0.4 is 21.7 Å². The van der Waals surface area contributed by atoms with E-state index in [-0.39, 0.29) is 24.2 Å². The molecule has 9 heteroatoms. The highest BCUT2D eigenvalue weighted by atomic mass is 16.6. The first-order valence-electron chi connectivity index (χ1n) is 9.26. The zero-order valence-electron chi connectivity index (χ0n) is 16.8. The first-order chi connectivity index (χ1) is 12.4.